The molecule has 0 bridgehead atoms. The van der Waals surface area contributed by atoms with Gasteiger partial charge in [-0.1, -0.05) is 19.1 Å². The molecule has 0 aromatic heterocycles. The van der Waals surface area contributed by atoms with Crippen molar-refractivity contribution in [3.63, 3.8) is 0 Å². The molecule has 0 aliphatic heterocycles. The summed E-state index contributed by atoms with van der Waals surface area (Å²) in [5.41, 5.74) is 1.54. The number of carbonyl (C=O) groups is 1. The number of ether oxygens (including phenoxy) is 1. The Morgan fingerprint density at radius 3 is 2.25 bits per heavy atom. The minimum Gasteiger partial charge on any atom is -0.444 e. The van der Waals surface area contributed by atoms with E-state index in [2.05, 4.69) is 12.2 Å². The molecule has 1 rings (SSSR count). The highest BCUT2D eigenvalue weighted by Crippen LogP contribution is 2.12. The van der Waals surface area contributed by atoms with Gasteiger partial charge < -0.3 is 4.74 Å². The van der Waals surface area contributed by atoms with E-state index in [9.17, 15) is 4.79 Å². The molecule has 3 heteroatoms. The van der Waals surface area contributed by atoms with Crippen molar-refractivity contribution in [2.75, 3.05) is 5.32 Å². The van der Waals surface area contributed by atoms with Crippen LogP contribution in [0.1, 0.15) is 33.3 Å². The SMILES string of the molecule is CCc1ccc(NC(=O)OC(C)(C)C)cc1. The lowest BCUT2D eigenvalue weighted by atomic mass is 10.1. The molecule has 0 aliphatic carbocycles. The van der Waals surface area contributed by atoms with Gasteiger partial charge in [0.2, 0.25) is 0 Å². The van der Waals surface area contributed by atoms with E-state index in [1.165, 1.54) is 5.56 Å². The first kappa shape index (κ1) is 12.6. The number of aryl methyl sites for hydroxylation is 1. The summed E-state index contributed by atoms with van der Waals surface area (Å²) >= 11 is 0. The molecule has 1 amide bonds. The molecule has 0 fully saturated rings. The van der Waals surface area contributed by atoms with Gasteiger partial charge in [0.15, 0.2) is 0 Å². The summed E-state index contributed by atoms with van der Waals surface area (Å²) in [6.45, 7) is 7.61. The smallest absolute Gasteiger partial charge is 0.412 e. The molecule has 0 atom stereocenters. The predicted octanol–water partition coefficient (Wildman–Crippen LogP) is 3.60. The second-order valence-electron chi connectivity index (χ2n) is 4.68. The second-order valence-corrected chi connectivity index (χ2v) is 4.68. The van der Waals surface area contributed by atoms with Crippen LogP contribution in [0.2, 0.25) is 0 Å². The molecule has 0 radical (unpaired) electrons. The number of rotatable bonds is 2. The first-order chi connectivity index (χ1) is 7.40. The minimum atomic E-state index is -0.465. The molecule has 3 nitrogen and oxygen atoms in total. The van der Waals surface area contributed by atoms with Crippen LogP contribution in [-0.4, -0.2) is 11.7 Å². The van der Waals surface area contributed by atoms with Crippen molar-refractivity contribution < 1.29 is 9.53 Å². The van der Waals surface area contributed by atoms with E-state index in [-0.39, 0.29) is 0 Å². The van der Waals surface area contributed by atoms with Gasteiger partial charge in [0, 0.05) is 5.69 Å². The van der Waals surface area contributed by atoms with Gasteiger partial charge >= 0.3 is 6.09 Å². The standard InChI is InChI=1S/C13H19NO2/c1-5-10-6-8-11(9-7-10)14-12(15)16-13(2,3)4/h6-9H,5H2,1-4H3,(H,14,15). The van der Waals surface area contributed by atoms with Crippen LogP contribution in [0.4, 0.5) is 10.5 Å². The van der Waals surface area contributed by atoms with Crippen LogP contribution in [0, 0.1) is 0 Å². The van der Waals surface area contributed by atoms with Crippen molar-refractivity contribution in [3.05, 3.63) is 29.8 Å². The number of nitrogens with one attached hydrogen (secondary N) is 1. The number of amides is 1. The van der Waals surface area contributed by atoms with Gasteiger partial charge in [-0.15, -0.1) is 0 Å². The first-order valence-corrected chi connectivity index (χ1v) is 5.49. The van der Waals surface area contributed by atoms with Crippen LogP contribution in [0.5, 0.6) is 0 Å². The lowest BCUT2D eigenvalue weighted by Crippen LogP contribution is -2.27. The van der Waals surface area contributed by atoms with Crippen LogP contribution >= 0.6 is 0 Å². The zero-order valence-electron chi connectivity index (χ0n) is 10.3. The van der Waals surface area contributed by atoms with E-state index in [0.29, 0.717) is 0 Å². The van der Waals surface area contributed by atoms with Crippen LogP contribution < -0.4 is 5.32 Å². The Morgan fingerprint density at radius 1 is 1.25 bits per heavy atom. The molecule has 0 spiro atoms. The average Bonchev–Trinajstić information content (AvgIpc) is 2.16. The van der Waals surface area contributed by atoms with Crippen LogP contribution in [-0.2, 0) is 11.2 Å². The molecular formula is C13H19NO2. The minimum absolute atomic E-state index is 0.420. The van der Waals surface area contributed by atoms with E-state index in [4.69, 9.17) is 4.74 Å². The third-order valence-electron chi connectivity index (χ3n) is 2.01. The molecule has 0 heterocycles. The third kappa shape index (κ3) is 4.34. The van der Waals surface area contributed by atoms with Gasteiger partial charge in [0.1, 0.15) is 5.60 Å². The zero-order chi connectivity index (χ0) is 12.2. The summed E-state index contributed by atoms with van der Waals surface area (Å²) in [6.07, 6.45) is 0.573. The van der Waals surface area contributed by atoms with Crippen LogP contribution in [0.15, 0.2) is 24.3 Å². The molecule has 0 aliphatic rings. The molecule has 1 aromatic carbocycles. The van der Waals surface area contributed by atoms with Crippen molar-refractivity contribution in [2.45, 2.75) is 39.7 Å². The lowest BCUT2D eigenvalue weighted by molar-refractivity contribution is 0.0636. The van der Waals surface area contributed by atoms with Gasteiger partial charge in [-0.2, -0.15) is 0 Å². The van der Waals surface area contributed by atoms with Gasteiger partial charge in [-0.25, -0.2) is 4.79 Å². The van der Waals surface area contributed by atoms with Gasteiger partial charge in [0.25, 0.3) is 0 Å². The van der Waals surface area contributed by atoms with Crippen molar-refractivity contribution in [1.29, 1.82) is 0 Å². The van der Waals surface area contributed by atoms with Gasteiger partial charge in [0.05, 0.1) is 0 Å². The Kier molecular flexibility index (Phi) is 3.93. The van der Waals surface area contributed by atoms with E-state index in [1.54, 1.807) is 0 Å². The largest absolute Gasteiger partial charge is 0.444 e. The molecule has 1 N–H and O–H groups in total. The predicted molar refractivity (Wildman–Crippen MR) is 65.7 cm³/mol. The Hall–Kier alpha value is -1.51. The molecule has 16 heavy (non-hydrogen) atoms. The van der Waals surface area contributed by atoms with Crippen molar-refractivity contribution in [1.82, 2.24) is 0 Å². The first-order valence-electron chi connectivity index (χ1n) is 5.49. The lowest BCUT2D eigenvalue weighted by Gasteiger charge is -2.19. The monoisotopic (exact) mass is 221 g/mol. The Morgan fingerprint density at radius 2 is 1.81 bits per heavy atom. The van der Waals surface area contributed by atoms with Crippen LogP contribution in [0.25, 0.3) is 0 Å². The number of hydrogen-bond acceptors (Lipinski definition) is 2. The normalized spacial score (nSPS) is 11.0. The molecular weight excluding hydrogens is 202 g/mol. The fourth-order valence-corrected chi connectivity index (χ4v) is 1.25. The number of carbonyl (C=O) groups excluding carboxylic acids is 1. The molecule has 88 valence electrons. The number of anilines is 1. The Labute approximate surface area is 96.8 Å². The fourth-order valence-electron chi connectivity index (χ4n) is 1.25. The topological polar surface area (TPSA) is 38.3 Å². The highest BCUT2D eigenvalue weighted by atomic mass is 16.6. The molecule has 0 saturated heterocycles. The zero-order valence-corrected chi connectivity index (χ0v) is 10.3. The molecule has 0 unspecified atom stereocenters. The number of hydrogen-bond donors (Lipinski definition) is 1. The van der Waals surface area contributed by atoms with E-state index < -0.39 is 11.7 Å². The highest BCUT2D eigenvalue weighted by Gasteiger charge is 2.15. The van der Waals surface area contributed by atoms with Crippen LogP contribution in [0.3, 0.4) is 0 Å². The van der Waals surface area contributed by atoms with Crippen molar-refractivity contribution in [2.24, 2.45) is 0 Å². The summed E-state index contributed by atoms with van der Waals surface area (Å²) in [4.78, 5) is 11.4. The van der Waals surface area contributed by atoms with Crippen molar-refractivity contribution in [3.8, 4) is 0 Å². The van der Waals surface area contributed by atoms with E-state index >= 15 is 0 Å². The maximum absolute atomic E-state index is 11.4. The Balaban J connectivity index is 2.56. The van der Waals surface area contributed by atoms with Crippen molar-refractivity contribution >= 4 is 11.8 Å². The number of benzene rings is 1. The van der Waals surface area contributed by atoms with E-state index in [1.807, 2.05) is 45.0 Å². The summed E-state index contributed by atoms with van der Waals surface area (Å²) in [7, 11) is 0. The van der Waals surface area contributed by atoms with Gasteiger partial charge in [-0.3, -0.25) is 5.32 Å². The summed E-state index contributed by atoms with van der Waals surface area (Å²) in [5.74, 6) is 0. The quantitative estimate of drug-likeness (QED) is 0.828. The Bertz CT molecular complexity index is 349. The maximum atomic E-state index is 11.4. The third-order valence-corrected chi connectivity index (χ3v) is 2.01. The highest BCUT2D eigenvalue weighted by molar-refractivity contribution is 5.84. The fraction of sp³-hybridized carbons (Fsp3) is 0.462. The van der Waals surface area contributed by atoms with E-state index in [0.717, 1.165) is 12.1 Å². The molecule has 0 saturated carbocycles. The maximum Gasteiger partial charge on any atom is 0.412 e. The average molecular weight is 221 g/mol. The molecule has 1 aromatic rings. The summed E-state index contributed by atoms with van der Waals surface area (Å²) in [5, 5.41) is 2.69. The second kappa shape index (κ2) is 5.01. The van der Waals surface area contributed by atoms with Gasteiger partial charge in [-0.05, 0) is 44.9 Å². The summed E-state index contributed by atoms with van der Waals surface area (Å²) in [6, 6.07) is 7.74. The summed E-state index contributed by atoms with van der Waals surface area (Å²) < 4.78 is 5.15.